The van der Waals surface area contributed by atoms with E-state index in [1.165, 1.54) is 14.1 Å². The van der Waals surface area contributed by atoms with Gasteiger partial charge in [0.2, 0.25) is 0 Å². The van der Waals surface area contributed by atoms with E-state index in [1.54, 1.807) is 24.3 Å². The molecule has 0 atom stereocenters. The number of hydrogen-bond donors (Lipinski definition) is 1. The number of carbonyl (C=O) groups is 1. The van der Waals surface area contributed by atoms with Gasteiger partial charge in [0.15, 0.2) is 0 Å². The fourth-order valence-electron chi connectivity index (χ4n) is 0.897. The molecule has 1 aromatic rings. The van der Waals surface area contributed by atoms with E-state index < -0.39 is 4.65 Å². The van der Waals surface area contributed by atoms with Gasteiger partial charge in [-0.2, -0.15) is 0 Å². The van der Waals surface area contributed by atoms with Crippen molar-refractivity contribution < 1.29 is 14.6 Å². The van der Waals surface area contributed by atoms with E-state index in [2.05, 4.69) is 0 Å². The van der Waals surface area contributed by atoms with Crippen LogP contribution in [0.2, 0.25) is 0 Å². The second-order valence-corrected chi connectivity index (χ2v) is 3.07. The number of hydrogen-bond acceptors (Lipinski definition) is 2. The molecule has 1 rings (SSSR count). The molecule has 64 valence electrons. The van der Waals surface area contributed by atoms with E-state index >= 15 is 0 Å². The normalized spacial score (nSPS) is 11.2. The maximum absolute atomic E-state index is 11.4. The minimum absolute atomic E-state index is 0.310. The van der Waals surface area contributed by atoms with Crippen LogP contribution < -0.4 is 0 Å². The summed E-state index contributed by atoms with van der Waals surface area (Å²) in [4.78, 5) is 11.4. The van der Waals surface area contributed by atoms with Crippen molar-refractivity contribution in [1.29, 1.82) is 0 Å². The SMILES string of the molecule is C[N+](C)(O)C(=O)c1ccccc1. The third-order valence-corrected chi connectivity index (χ3v) is 1.52. The van der Waals surface area contributed by atoms with Crippen LogP contribution >= 0.6 is 0 Å². The number of rotatable bonds is 1. The Balaban J connectivity index is 2.94. The predicted octanol–water partition coefficient (Wildman–Crippen LogP) is 1.29. The van der Waals surface area contributed by atoms with Gasteiger partial charge in [-0.15, -0.1) is 4.65 Å². The molecule has 0 aliphatic carbocycles. The number of carbonyl (C=O) groups excluding carboxylic acids is 1. The standard InChI is InChI=1S/C9H12NO2/c1-10(2,12)9(11)8-6-4-3-5-7-8/h3-7,12H,1-2H3/q+1. The molecule has 1 N–H and O–H groups in total. The summed E-state index contributed by atoms with van der Waals surface area (Å²) in [6.07, 6.45) is 0. The molecule has 1 amide bonds. The van der Waals surface area contributed by atoms with E-state index in [4.69, 9.17) is 0 Å². The molecule has 0 unspecified atom stereocenters. The summed E-state index contributed by atoms with van der Waals surface area (Å²) in [5.74, 6) is -0.310. The van der Waals surface area contributed by atoms with Crippen molar-refractivity contribution in [2.24, 2.45) is 0 Å². The van der Waals surface area contributed by atoms with E-state index in [0.29, 0.717) is 5.56 Å². The molecule has 0 radical (unpaired) electrons. The van der Waals surface area contributed by atoms with Crippen LogP contribution in [0.5, 0.6) is 0 Å². The molecule has 0 aliphatic heterocycles. The van der Waals surface area contributed by atoms with E-state index in [1.807, 2.05) is 6.07 Å². The van der Waals surface area contributed by atoms with Crippen molar-refractivity contribution in [3.8, 4) is 0 Å². The Morgan fingerprint density at radius 3 is 2.17 bits per heavy atom. The van der Waals surface area contributed by atoms with Crippen LogP contribution in [0.25, 0.3) is 0 Å². The van der Waals surface area contributed by atoms with Crippen LogP contribution in [-0.4, -0.2) is 29.9 Å². The summed E-state index contributed by atoms with van der Waals surface area (Å²) >= 11 is 0. The number of nitrogens with zero attached hydrogens (tertiary/aromatic N) is 1. The van der Waals surface area contributed by atoms with Crippen LogP contribution in [0.4, 0.5) is 0 Å². The van der Waals surface area contributed by atoms with Gasteiger partial charge in [-0.05, 0) is 12.1 Å². The molecule has 0 heterocycles. The highest BCUT2D eigenvalue weighted by Crippen LogP contribution is 2.05. The monoisotopic (exact) mass is 166 g/mol. The van der Waals surface area contributed by atoms with Gasteiger partial charge in [-0.25, -0.2) is 10.0 Å². The van der Waals surface area contributed by atoms with Gasteiger partial charge in [0.1, 0.15) is 14.1 Å². The van der Waals surface area contributed by atoms with Gasteiger partial charge in [0, 0.05) is 0 Å². The molecule has 0 saturated heterocycles. The van der Waals surface area contributed by atoms with Crippen LogP contribution in [0.15, 0.2) is 30.3 Å². The lowest BCUT2D eigenvalue weighted by molar-refractivity contribution is -1.00. The molecule has 0 saturated carbocycles. The summed E-state index contributed by atoms with van der Waals surface area (Å²) in [6, 6.07) is 8.72. The van der Waals surface area contributed by atoms with Crippen LogP contribution in [0.3, 0.4) is 0 Å². The second kappa shape index (κ2) is 3.05. The molecule has 0 aromatic heterocycles. The molecule has 12 heavy (non-hydrogen) atoms. The van der Waals surface area contributed by atoms with Crippen molar-refractivity contribution in [3.05, 3.63) is 35.9 Å². The average molecular weight is 166 g/mol. The second-order valence-electron chi connectivity index (χ2n) is 3.07. The molecule has 0 spiro atoms. The quantitative estimate of drug-likeness (QED) is 0.388. The Hall–Kier alpha value is -1.19. The van der Waals surface area contributed by atoms with Gasteiger partial charge in [-0.3, -0.25) is 0 Å². The highest BCUT2D eigenvalue weighted by molar-refractivity contribution is 5.88. The maximum Gasteiger partial charge on any atom is 0.377 e. The first-order chi connectivity index (χ1) is 5.52. The summed E-state index contributed by atoms with van der Waals surface area (Å²) in [6.45, 7) is 0. The molecule has 3 heteroatoms. The minimum atomic E-state index is -0.663. The number of benzene rings is 1. The largest absolute Gasteiger partial charge is 0.377 e. The molecule has 3 nitrogen and oxygen atoms in total. The Bertz CT molecular complexity index is 274. The zero-order chi connectivity index (χ0) is 9.19. The van der Waals surface area contributed by atoms with Crippen LogP contribution in [-0.2, 0) is 0 Å². The van der Waals surface area contributed by atoms with Crippen molar-refractivity contribution >= 4 is 5.91 Å². The third-order valence-electron chi connectivity index (χ3n) is 1.52. The van der Waals surface area contributed by atoms with Crippen molar-refractivity contribution in [2.45, 2.75) is 0 Å². The first-order valence-corrected chi connectivity index (χ1v) is 3.68. The summed E-state index contributed by atoms with van der Waals surface area (Å²) in [5, 5.41) is 9.33. The summed E-state index contributed by atoms with van der Waals surface area (Å²) in [7, 11) is 2.85. The minimum Gasteiger partial charge on any atom is -0.222 e. The zero-order valence-electron chi connectivity index (χ0n) is 7.19. The third kappa shape index (κ3) is 1.90. The molecular weight excluding hydrogens is 154 g/mol. The smallest absolute Gasteiger partial charge is 0.222 e. The lowest BCUT2D eigenvalue weighted by atomic mass is 10.2. The van der Waals surface area contributed by atoms with Crippen molar-refractivity contribution in [2.75, 3.05) is 14.1 Å². The van der Waals surface area contributed by atoms with Crippen molar-refractivity contribution in [1.82, 2.24) is 0 Å². The predicted molar refractivity (Wildman–Crippen MR) is 44.7 cm³/mol. The van der Waals surface area contributed by atoms with E-state index in [-0.39, 0.29) is 5.91 Å². The lowest BCUT2D eigenvalue weighted by Crippen LogP contribution is -2.41. The molecule has 0 fully saturated rings. The Labute approximate surface area is 71.4 Å². The molecular formula is C9H12NO2+. The number of quaternary nitrogens is 1. The van der Waals surface area contributed by atoms with E-state index in [0.717, 1.165) is 0 Å². The molecule has 0 aliphatic rings. The van der Waals surface area contributed by atoms with Crippen molar-refractivity contribution in [3.63, 3.8) is 0 Å². The average Bonchev–Trinajstić information content (AvgIpc) is 2.03. The van der Waals surface area contributed by atoms with Crippen LogP contribution in [0, 0.1) is 0 Å². The highest BCUT2D eigenvalue weighted by atomic mass is 16.6. The number of amides is 1. The van der Waals surface area contributed by atoms with E-state index in [9.17, 15) is 10.0 Å². The molecule has 1 aromatic carbocycles. The van der Waals surface area contributed by atoms with Gasteiger partial charge in [0.05, 0.1) is 5.56 Å². The first-order valence-electron chi connectivity index (χ1n) is 3.68. The van der Waals surface area contributed by atoms with Gasteiger partial charge in [-0.1, -0.05) is 18.2 Å². The first kappa shape index (κ1) is 8.90. The summed E-state index contributed by atoms with van der Waals surface area (Å²) in [5.41, 5.74) is 0.519. The Kier molecular flexibility index (Phi) is 2.26. The Morgan fingerprint density at radius 2 is 1.75 bits per heavy atom. The fourth-order valence-corrected chi connectivity index (χ4v) is 0.897. The zero-order valence-corrected chi connectivity index (χ0v) is 7.19. The number of hydroxylamine groups is 3. The molecule has 0 bridgehead atoms. The lowest BCUT2D eigenvalue weighted by Gasteiger charge is -2.15. The maximum atomic E-state index is 11.4. The van der Waals surface area contributed by atoms with Gasteiger partial charge < -0.3 is 0 Å². The fraction of sp³-hybridized carbons (Fsp3) is 0.222. The van der Waals surface area contributed by atoms with Gasteiger partial charge in [0.25, 0.3) is 0 Å². The highest BCUT2D eigenvalue weighted by Gasteiger charge is 2.25. The van der Waals surface area contributed by atoms with Gasteiger partial charge >= 0.3 is 5.91 Å². The van der Waals surface area contributed by atoms with Crippen LogP contribution in [0.1, 0.15) is 10.4 Å². The summed E-state index contributed by atoms with van der Waals surface area (Å²) < 4.78 is -0.663. The Morgan fingerprint density at radius 1 is 1.25 bits per heavy atom. The topological polar surface area (TPSA) is 37.3 Å².